The molecule has 1 aromatic rings. The number of aromatic nitrogens is 1. The summed E-state index contributed by atoms with van der Waals surface area (Å²) in [4.78, 5) is 17.9. The van der Waals surface area contributed by atoms with Gasteiger partial charge in [-0.05, 0) is 18.6 Å². The van der Waals surface area contributed by atoms with E-state index in [9.17, 15) is 18.0 Å². The summed E-state index contributed by atoms with van der Waals surface area (Å²) in [5.74, 6) is 0.221. The molecule has 1 atom stereocenters. The van der Waals surface area contributed by atoms with Crippen molar-refractivity contribution in [1.29, 1.82) is 0 Å². The Bertz CT molecular complexity index is 537. The standard InChI is InChI=1S/C15H20F3N3O3/c1-11-8-21(4-5-24-11)13-3-2-12(6-19-13)7-20-14(22)9-23-10-15(16,17)18/h2-3,6,11H,4-5,7-10H2,1H3,(H,20,22). The molecular formula is C15H20F3N3O3. The van der Waals surface area contributed by atoms with Crippen molar-refractivity contribution in [3.8, 4) is 0 Å². The topological polar surface area (TPSA) is 63.7 Å². The Kier molecular flexibility index (Phi) is 6.38. The van der Waals surface area contributed by atoms with Gasteiger partial charge >= 0.3 is 6.18 Å². The van der Waals surface area contributed by atoms with Crippen LogP contribution < -0.4 is 10.2 Å². The molecular weight excluding hydrogens is 327 g/mol. The molecule has 1 amide bonds. The molecule has 1 aliphatic heterocycles. The van der Waals surface area contributed by atoms with Crippen molar-refractivity contribution in [2.45, 2.75) is 25.7 Å². The summed E-state index contributed by atoms with van der Waals surface area (Å²) in [5, 5.41) is 2.49. The van der Waals surface area contributed by atoms with Gasteiger partial charge in [0.15, 0.2) is 0 Å². The summed E-state index contributed by atoms with van der Waals surface area (Å²) in [6.45, 7) is 2.30. The molecule has 24 heavy (non-hydrogen) atoms. The van der Waals surface area contributed by atoms with Crippen LogP contribution in [0.25, 0.3) is 0 Å². The number of rotatable bonds is 6. The zero-order valence-electron chi connectivity index (χ0n) is 13.3. The van der Waals surface area contributed by atoms with Crippen molar-refractivity contribution in [2.24, 2.45) is 0 Å². The van der Waals surface area contributed by atoms with E-state index in [1.54, 1.807) is 6.20 Å². The van der Waals surface area contributed by atoms with E-state index in [-0.39, 0.29) is 12.6 Å². The van der Waals surface area contributed by atoms with Crippen LogP contribution >= 0.6 is 0 Å². The maximum atomic E-state index is 11.9. The highest BCUT2D eigenvalue weighted by molar-refractivity contribution is 5.77. The molecule has 1 unspecified atom stereocenters. The van der Waals surface area contributed by atoms with Crippen LogP contribution in [0.5, 0.6) is 0 Å². The molecule has 1 saturated heterocycles. The molecule has 1 aromatic heterocycles. The molecule has 1 fully saturated rings. The van der Waals surface area contributed by atoms with Gasteiger partial charge in [0, 0.05) is 25.8 Å². The Balaban J connectivity index is 1.74. The minimum atomic E-state index is -4.43. The summed E-state index contributed by atoms with van der Waals surface area (Å²) < 4.78 is 45.4. The fourth-order valence-corrected chi connectivity index (χ4v) is 2.25. The molecule has 1 aliphatic rings. The Morgan fingerprint density at radius 3 is 2.92 bits per heavy atom. The third-order valence-electron chi connectivity index (χ3n) is 3.36. The molecule has 0 bridgehead atoms. The molecule has 0 spiro atoms. The van der Waals surface area contributed by atoms with E-state index in [2.05, 4.69) is 19.9 Å². The fraction of sp³-hybridized carbons (Fsp3) is 0.600. The molecule has 9 heteroatoms. The van der Waals surface area contributed by atoms with Crippen LogP contribution in [0.3, 0.4) is 0 Å². The number of ether oxygens (including phenoxy) is 2. The quantitative estimate of drug-likeness (QED) is 0.845. The van der Waals surface area contributed by atoms with Crippen LogP contribution in [0, 0.1) is 0 Å². The summed E-state index contributed by atoms with van der Waals surface area (Å²) >= 11 is 0. The van der Waals surface area contributed by atoms with Gasteiger partial charge < -0.3 is 19.7 Å². The number of nitrogens with zero attached hydrogens (tertiary/aromatic N) is 2. The minimum absolute atomic E-state index is 0.149. The number of carbonyl (C=O) groups excluding carboxylic acids is 1. The Labute approximate surface area is 137 Å². The molecule has 6 nitrogen and oxygen atoms in total. The Morgan fingerprint density at radius 2 is 2.29 bits per heavy atom. The second kappa shape index (κ2) is 8.29. The highest BCUT2D eigenvalue weighted by Gasteiger charge is 2.27. The highest BCUT2D eigenvalue weighted by Crippen LogP contribution is 2.16. The van der Waals surface area contributed by atoms with Gasteiger partial charge in [-0.25, -0.2) is 4.98 Å². The molecule has 0 aliphatic carbocycles. The lowest BCUT2D eigenvalue weighted by Gasteiger charge is -2.32. The summed E-state index contributed by atoms with van der Waals surface area (Å²) in [6, 6.07) is 3.67. The Hall–Kier alpha value is -1.87. The lowest BCUT2D eigenvalue weighted by molar-refractivity contribution is -0.175. The number of amides is 1. The zero-order valence-corrected chi connectivity index (χ0v) is 13.3. The maximum absolute atomic E-state index is 11.9. The first-order valence-electron chi connectivity index (χ1n) is 7.56. The number of anilines is 1. The van der Waals surface area contributed by atoms with Crippen LogP contribution in [-0.4, -0.2) is 56.1 Å². The van der Waals surface area contributed by atoms with E-state index >= 15 is 0 Å². The maximum Gasteiger partial charge on any atom is 0.411 e. The van der Waals surface area contributed by atoms with Crippen LogP contribution in [0.2, 0.25) is 0 Å². The number of carbonyl (C=O) groups is 1. The van der Waals surface area contributed by atoms with Gasteiger partial charge in [-0.15, -0.1) is 0 Å². The first-order valence-corrected chi connectivity index (χ1v) is 7.56. The van der Waals surface area contributed by atoms with Crippen LogP contribution in [-0.2, 0) is 20.8 Å². The van der Waals surface area contributed by atoms with E-state index in [0.717, 1.165) is 24.5 Å². The van der Waals surface area contributed by atoms with Crippen LogP contribution in [0.4, 0.5) is 19.0 Å². The second-order valence-corrected chi connectivity index (χ2v) is 5.54. The van der Waals surface area contributed by atoms with Gasteiger partial charge in [-0.1, -0.05) is 6.07 Å². The average molecular weight is 347 g/mol. The fourth-order valence-electron chi connectivity index (χ4n) is 2.25. The highest BCUT2D eigenvalue weighted by atomic mass is 19.4. The van der Waals surface area contributed by atoms with Crippen LogP contribution in [0.1, 0.15) is 12.5 Å². The predicted octanol–water partition coefficient (Wildman–Crippen LogP) is 1.50. The molecule has 2 heterocycles. The molecule has 134 valence electrons. The number of hydrogen-bond acceptors (Lipinski definition) is 5. The van der Waals surface area contributed by atoms with E-state index in [0.29, 0.717) is 6.61 Å². The van der Waals surface area contributed by atoms with Gasteiger partial charge in [-0.2, -0.15) is 13.2 Å². The largest absolute Gasteiger partial charge is 0.411 e. The van der Waals surface area contributed by atoms with Gasteiger partial charge in [0.25, 0.3) is 0 Å². The lowest BCUT2D eigenvalue weighted by Crippen LogP contribution is -2.41. The summed E-state index contributed by atoms with van der Waals surface area (Å²) in [6.07, 6.45) is -2.65. The van der Waals surface area contributed by atoms with E-state index in [1.165, 1.54) is 0 Å². The second-order valence-electron chi connectivity index (χ2n) is 5.54. The number of hydrogen-bond donors (Lipinski definition) is 1. The van der Waals surface area contributed by atoms with E-state index in [4.69, 9.17) is 4.74 Å². The first kappa shape index (κ1) is 18.5. The van der Waals surface area contributed by atoms with E-state index in [1.807, 2.05) is 19.1 Å². The monoisotopic (exact) mass is 347 g/mol. The first-order chi connectivity index (χ1) is 11.3. The molecule has 0 radical (unpaired) electrons. The lowest BCUT2D eigenvalue weighted by atomic mass is 10.2. The Morgan fingerprint density at radius 1 is 1.50 bits per heavy atom. The summed E-state index contributed by atoms with van der Waals surface area (Å²) in [5.41, 5.74) is 0.754. The van der Waals surface area contributed by atoms with Crippen molar-refractivity contribution < 1.29 is 27.4 Å². The summed E-state index contributed by atoms with van der Waals surface area (Å²) in [7, 11) is 0. The average Bonchev–Trinajstić information content (AvgIpc) is 2.52. The van der Waals surface area contributed by atoms with Crippen molar-refractivity contribution in [1.82, 2.24) is 10.3 Å². The van der Waals surface area contributed by atoms with E-state index < -0.39 is 25.3 Å². The van der Waals surface area contributed by atoms with Gasteiger partial charge in [0.1, 0.15) is 19.0 Å². The number of morpholine rings is 1. The van der Waals surface area contributed by atoms with Crippen molar-refractivity contribution in [2.75, 3.05) is 37.8 Å². The third kappa shape index (κ3) is 6.32. The third-order valence-corrected chi connectivity index (χ3v) is 3.36. The SMILES string of the molecule is CC1CN(c2ccc(CNC(=O)COCC(F)(F)F)cn2)CCO1. The molecule has 1 N–H and O–H groups in total. The van der Waals surface area contributed by atoms with Crippen LogP contribution in [0.15, 0.2) is 18.3 Å². The van der Waals surface area contributed by atoms with Crippen molar-refractivity contribution in [3.05, 3.63) is 23.9 Å². The number of halogens is 3. The van der Waals surface area contributed by atoms with Crippen molar-refractivity contribution >= 4 is 11.7 Å². The normalized spacial score (nSPS) is 18.5. The van der Waals surface area contributed by atoms with Crippen molar-refractivity contribution in [3.63, 3.8) is 0 Å². The van der Waals surface area contributed by atoms with Gasteiger partial charge in [0.2, 0.25) is 5.91 Å². The van der Waals surface area contributed by atoms with Gasteiger partial charge in [-0.3, -0.25) is 4.79 Å². The predicted molar refractivity (Wildman–Crippen MR) is 80.6 cm³/mol. The molecule has 0 saturated carbocycles. The number of nitrogens with one attached hydrogen (secondary N) is 1. The zero-order chi connectivity index (χ0) is 17.6. The smallest absolute Gasteiger partial charge is 0.375 e. The number of pyridine rings is 1. The molecule has 0 aromatic carbocycles. The molecule has 2 rings (SSSR count). The van der Waals surface area contributed by atoms with Gasteiger partial charge in [0.05, 0.1) is 12.7 Å². The number of alkyl halides is 3. The minimum Gasteiger partial charge on any atom is -0.375 e.